The van der Waals surface area contributed by atoms with Crippen molar-refractivity contribution in [3.05, 3.63) is 65.7 Å². The lowest BCUT2D eigenvalue weighted by Crippen LogP contribution is -2.17. The zero-order chi connectivity index (χ0) is 22.2. The molecule has 31 heavy (non-hydrogen) atoms. The van der Waals surface area contributed by atoms with Crippen molar-refractivity contribution in [2.45, 2.75) is 20.2 Å². The molecule has 0 aliphatic carbocycles. The van der Waals surface area contributed by atoms with Gasteiger partial charge < -0.3 is 4.74 Å². The fraction of sp³-hybridized carbons (Fsp3) is 0.150. The molecule has 0 fully saturated rings. The van der Waals surface area contributed by atoms with E-state index in [9.17, 15) is 18.0 Å². The van der Waals surface area contributed by atoms with Crippen LogP contribution in [0.5, 0.6) is 5.75 Å². The second-order valence-electron chi connectivity index (χ2n) is 6.61. The third-order valence-corrected chi connectivity index (χ3v) is 4.21. The number of carbonyl (C=O) groups excluding carboxylic acids is 1. The van der Waals surface area contributed by atoms with Gasteiger partial charge in [0.05, 0.1) is 11.9 Å². The van der Waals surface area contributed by atoms with Crippen molar-refractivity contribution in [1.82, 2.24) is 24.6 Å². The van der Waals surface area contributed by atoms with Crippen LogP contribution in [-0.2, 0) is 0 Å². The first-order valence-corrected chi connectivity index (χ1v) is 9.03. The molecule has 158 valence electrons. The lowest BCUT2D eigenvalue weighted by molar-refractivity contribution is -0.274. The van der Waals surface area contributed by atoms with Crippen LogP contribution in [0.2, 0.25) is 0 Å². The Morgan fingerprint density at radius 1 is 1.06 bits per heavy atom. The third-order valence-electron chi connectivity index (χ3n) is 4.21. The van der Waals surface area contributed by atoms with Crippen molar-refractivity contribution in [2.24, 2.45) is 0 Å². The Morgan fingerprint density at radius 3 is 2.48 bits per heavy atom. The van der Waals surface area contributed by atoms with E-state index in [0.29, 0.717) is 11.4 Å². The van der Waals surface area contributed by atoms with E-state index in [0.717, 1.165) is 0 Å². The van der Waals surface area contributed by atoms with Crippen molar-refractivity contribution in [1.29, 1.82) is 0 Å². The van der Waals surface area contributed by atoms with E-state index in [1.165, 1.54) is 41.2 Å². The minimum atomic E-state index is -4.85. The molecule has 3 aromatic heterocycles. The van der Waals surface area contributed by atoms with Crippen LogP contribution in [0.25, 0.3) is 16.9 Å². The number of benzene rings is 1. The molecule has 11 heteroatoms. The van der Waals surface area contributed by atoms with Crippen molar-refractivity contribution in [2.75, 3.05) is 5.32 Å². The normalized spacial score (nSPS) is 11.5. The number of para-hydroxylation sites is 1. The topological polar surface area (TPSA) is 94.3 Å². The molecular formula is C20H15F3N6O2. The summed E-state index contributed by atoms with van der Waals surface area (Å²) in [5.74, 6) is -0.826. The van der Waals surface area contributed by atoms with Gasteiger partial charge in [0, 0.05) is 23.1 Å². The molecule has 0 saturated carbocycles. The summed E-state index contributed by atoms with van der Waals surface area (Å²) in [5, 5.41) is 6.67. The number of nitrogens with zero attached hydrogens (tertiary/aromatic N) is 5. The van der Waals surface area contributed by atoms with Gasteiger partial charge >= 0.3 is 6.36 Å². The van der Waals surface area contributed by atoms with Gasteiger partial charge in [-0.3, -0.25) is 10.1 Å². The highest BCUT2D eigenvalue weighted by molar-refractivity contribution is 6.07. The average Bonchev–Trinajstić information content (AvgIpc) is 3.09. The largest absolute Gasteiger partial charge is 0.573 e. The van der Waals surface area contributed by atoms with Crippen LogP contribution < -0.4 is 10.1 Å². The van der Waals surface area contributed by atoms with Crippen LogP contribution >= 0.6 is 0 Å². The maximum absolute atomic E-state index is 12.8. The summed E-state index contributed by atoms with van der Waals surface area (Å²) in [5.41, 5.74) is 1.94. The number of aryl methyl sites for hydroxylation is 2. The first kappa shape index (κ1) is 20.3. The minimum absolute atomic E-state index is 0.110. The molecule has 8 nitrogen and oxygen atoms in total. The number of amides is 1. The number of halogens is 3. The molecule has 0 aliphatic heterocycles. The van der Waals surface area contributed by atoms with Gasteiger partial charge in [0.25, 0.3) is 5.91 Å². The van der Waals surface area contributed by atoms with Gasteiger partial charge in [-0.15, -0.1) is 13.2 Å². The Morgan fingerprint density at radius 2 is 1.77 bits per heavy atom. The van der Waals surface area contributed by atoms with Gasteiger partial charge in [0.1, 0.15) is 11.3 Å². The summed E-state index contributed by atoms with van der Waals surface area (Å²) in [7, 11) is 0. The highest BCUT2D eigenvalue weighted by Crippen LogP contribution is 2.33. The monoisotopic (exact) mass is 428 g/mol. The SMILES string of the molecule is Cc1cc(C)nc(NC(=O)c2cnn3ccc(-c4ccccc4OC(F)(F)F)nc23)n1. The Kier molecular flexibility index (Phi) is 5.01. The zero-order valence-corrected chi connectivity index (χ0v) is 16.3. The van der Waals surface area contributed by atoms with Crippen LogP contribution in [0.4, 0.5) is 19.1 Å². The average molecular weight is 428 g/mol. The Labute approximate surface area is 173 Å². The smallest absolute Gasteiger partial charge is 0.405 e. The number of nitrogens with one attached hydrogen (secondary N) is 1. The molecule has 1 N–H and O–H groups in total. The van der Waals surface area contributed by atoms with E-state index in [1.54, 1.807) is 26.0 Å². The van der Waals surface area contributed by atoms with Gasteiger partial charge in [-0.1, -0.05) is 12.1 Å². The number of anilines is 1. The number of ether oxygens (including phenoxy) is 1. The van der Waals surface area contributed by atoms with E-state index in [-0.39, 0.29) is 28.4 Å². The molecule has 0 radical (unpaired) electrons. The molecule has 4 rings (SSSR count). The minimum Gasteiger partial charge on any atom is -0.405 e. The number of hydrogen-bond donors (Lipinski definition) is 1. The van der Waals surface area contributed by atoms with E-state index >= 15 is 0 Å². The highest BCUT2D eigenvalue weighted by Gasteiger charge is 2.32. The number of alkyl halides is 3. The van der Waals surface area contributed by atoms with Gasteiger partial charge in [-0.05, 0) is 38.1 Å². The summed E-state index contributed by atoms with van der Waals surface area (Å²) in [6, 6.07) is 8.86. The van der Waals surface area contributed by atoms with Gasteiger partial charge in [-0.25, -0.2) is 19.5 Å². The summed E-state index contributed by atoms with van der Waals surface area (Å²) >= 11 is 0. The summed E-state index contributed by atoms with van der Waals surface area (Å²) in [6.07, 6.45) is -2.05. The maximum Gasteiger partial charge on any atom is 0.573 e. The van der Waals surface area contributed by atoms with E-state index in [1.807, 2.05) is 0 Å². The fourth-order valence-electron chi connectivity index (χ4n) is 3.02. The highest BCUT2D eigenvalue weighted by atomic mass is 19.4. The van der Waals surface area contributed by atoms with Crippen LogP contribution in [0.15, 0.2) is 48.8 Å². The van der Waals surface area contributed by atoms with Crippen LogP contribution in [0.3, 0.4) is 0 Å². The Hall–Kier alpha value is -4.02. The van der Waals surface area contributed by atoms with Gasteiger partial charge in [0.15, 0.2) is 5.65 Å². The van der Waals surface area contributed by atoms with Crippen molar-refractivity contribution < 1.29 is 22.7 Å². The summed E-state index contributed by atoms with van der Waals surface area (Å²) in [4.78, 5) is 25.4. The third kappa shape index (κ3) is 4.44. The molecule has 4 aromatic rings. The molecule has 0 spiro atoms. The summed E-state index contributed by atoms with van der Waals surface area (Å²) < 4.78 is 43.7. The second-order valence-corrected chi connectivity index (χ2v) is 6.61. The van der Waals surface area contributed by atoms with E-state index in [4.69, 9.17) is 0 Å². The first-order chi connectivity index (χ1) is 14.7. The van der Waals surface area contributed by atoms with Crippen molar-refractivity contribution in [3.8, 4) is 17.0 Å². The second kappa shape index (κ2) is 7.67. The number of aromatic nitrogens is 5. The first-order valence-electron chi connectivity index (χ1n) is 9.03. The van der Waals surface area contributed by atoms with E-state index in [2.05, 4.69) is 30.1 Å². The zero-order valence-electron chi connectivity index (χ0n) is 16.3. The number of carbonyl (C=O) groups is 1. The fourth-order valence-corrected chi connectivity index (χ4v) is 3.02. The predicted octanol–water partition coefficient (Wildman–Crippen LogP) is 3.95. The molecule has 0 unspecified atom stereocenters. The van der Waals surface area contributed by atoms with Crippen molar-refractivity contribution in [3.63, 3.8) is 0 Å². The van der Waals surface area contributed by atoms with Crippen molar-refractivity contribution >= 4 is 17.5 Å². The number of hydrogen-bond acceptors (Lipinski definition) is 6. The number of rotatable bonds is 4. The summed E-state index contributed by atoms with van der Waals surface area (Å²) in [6.45, 7) is 3.54. The molecule has 0 bridgehead atoms. The van der Waals surface area contributed by atoms with Gasteiger partial charge in [0.2, 0.25) is 5.95 Å². The molecular weight excluding hydrogens is 413 g/mol. The Bertz CT molecular complexity index is 1270. The predicted molar refractivity (Wildman–Crippen MR) is 105 cm³/mol. The standard InChI is InChI=1S/C20H15F3N6O2/c1-11-9-12(2)26-19(25-11)28-18(30)14-10-24-29-8-7-15(27-17(14)29)13-5-3-4-6-16(13)31-20(21,22)23/h3-10H,1-2H3,(H,25,26,28,30). The quantitative estimate of drug-likeness (QED) is 0.529. The molecule has 0 aliphatic rings. The Balaban J connectivity index is 1.71. The van der Waals surface area contributed by atoms with Crippen LogP contribution in [0.1, 0.15) is 21.7 Å². The van der Waals surface area contributed by atoms with Gasteiger partial charge in [-0.2, -0.15) is 5.10 Å². The number of fused-ring (bicyclic) bond motifs is 1. The lowest BCUT2D eigenvalue weighted by Gasteiger charge is -2.13. The maximum atomic E-state index is 12.8. The molecule has 0 atom stereocenters. The lowest BCUT2D eigenvalue weighted by atomic mass is 10.1. The molecule has 1 aromatic carbocycles. The molecule has 3 heterocycles. The van der Waals surface area contributed by atoms with E-state index < -0.39 is 18.0 Å². The molecule has 0 saturated heterocycles. The molecule has 1 amide bonds. The van der Waals surface area contributed by atoms with Crippen LogP contribution in [-0.4, -0.2) is 36.8 Å². The van der Waals surface area contributed by atoms with Crippen LogP contribution in [0, 0.1) is 13.8 Å².